The van der Waals surface area contributed by atoms with Gasteiger partial charge >= 0.3 is 6.18 Å². The van der Waals surface area contributed by atoms with E-state index in [9.17, 15) is 13.2 Å². The number of nitrogens with zero attached hydrogens (tertiary/aromatic N) is 2. The number of alkyl halides is 3. The summed E-state index contributed by atoms with van der Waals surface area (Å²) in [5, 5.41) is 9.68. The van der Waals surface area contributed by atoms with Crippen molar-refractivity contribution < 1.29 is 13.2 Å². The molecule has 1 atom stereocenters. The van der Waals surface area contributed by atoms with Gasteiger partial charge in [-0.2, -0.15) is 13.2 Å². The molecule has 19 heavy (non-hydrogen) atoms. The average molecular weight is 267 g/mol. The highest BCUT2D eigenvalue weighted by atomic mass is 19.4. The van der Waals surface area contributed by atoms with E-state index in [1.165, 1.54) is 6.07 Å². The van der Waals surface area contributed by atoms with Crippen molar-refractivity contribution in [3.8, 4) is 0 Å². The fourth-order valence-corrected chi connectivity index (χ4v) is 1.61. The SMILES string of the molecule is CC(Nc1ccc(C(F)(F)F)nn1)c1ccccc1. The van der Waals surface area contributed by atoms with Crippen LogP contribution < -0.4 is 5.32 Å². The Balaban J connectivity index is 2.08. The smallest absolute Gasteiger partial charge is 0.362 e. The zero-order chi connectivity index (χ0) is 13.9. The summed E-state index contributed by atoms with van der Waals surface area (Å²) in [4.78, 5) is 0. The van der Waals surface area contributed by atoms with E-state index >= 15 is 0 Å². The van der Waals surface area contributed by atoms with Crippen LogP contribution >= 0.6 is 0 Å². The zero-order valence-electron chi connectivity index (χ0n) is 10.1. The average Bonchev–Trinajstić information content (AvgIpc) is 2.39. The van der Waals surface area contributed by atoms with Gasteiger partial charge in [0.25, 0.3) is 0 Å². The van der Waals surface area contributed by atoms with Gasteiger partial charge in [-0.25, -0.2) is 0 Å². The predicted octanol–water partition coefficient (Wildman–Crippen LogP) is 3.67. The summed E-state index contributed by atoms with van der Waals surface area (Å²) in [5.74, 6) is 0.310. The molecule has 1 aromatic carbocycles. The number of hydrogen-bond donors (Lipinski definition) is 1. The second kappa shape index (κ2) is 5.26. The number of nitrogens with one attached hydrogen (secondary N) is 1. The summed E-state index contributed by atoms with van der Waals surface area (Å²) in [6.07, 6.45) is -4.46. The van der Waals surface area contributed by atoms with Crippen LogP contribution in [0.2, 0.25) is 0 Å². The molecule has 0 aliphatic carbocycles. The highest BCUT2D eigenvalue weighted by molar-refractivity contribution is 5.37. The number of halogens is 3. The molecule has 1 aromatic heterocycles. The molecule has 0 saturated carbocycles. The molecule has 6 heteroatoms. The van der Waals surface area contributed by atoms with E-state index in [0.717, 1.165) is 11.6 Å². The van der Waals surface area contributed by atoms with Crippen LogP contribution in [0.4, 0.5) is 19.0 Å². The quantitative estimate of drug-likeness (QED) is 0.922. The van der Waals surface area contributed by atoms with Crippen LogP contribution in [0.25, 0.3) is 0 Å². The minimum absolute atomic E-state index is 0.0627. The fourth-order valence-electron chi connectivity index (χ4n) is 1.61. The zero-order valence-corrected chi connectivity index (χ0v) is 10.1. The first-order valence-corrected chi connectivity index (χ1v) is 5.69. The normalized spacial score (nSPS) is 13.1. The molecular formula is C13H12F3N3. The summed E-state index contributed by atoms with van der Waals surface area (Å²) < 4.78 is 37.0. The van der Waals surface area contributed by atoms with Gasteiger partial charge in [-0.3, -0.25) is 0 Å². The lowest BCUT2D eigenvalue weighted by Crippen LogP contribution is -2.12. The van der Waals surface area contributed by atoms with Crippen LogP contribution in [-0.2, 0) is 6.18 Å². The van der Waals surface area contributed by atoms with Gasteiger partial charge in [0.2, 0.25) is 0 Å². The molecule has 1 heterocycles. The molecule has 0 spiro atoms. The molecule has 0 radical (unpaired) electrons. The number of hydrogen-bond acceptors (Lipinski definition) is 3. The summed E-state index contributed by atoms with van der Waals surface area (Å²) in [7, 11) is 0. The van der Waals surface area contributed by atoms with Gasteiger partial charge < -0.3 is 5.32 Å². The fraction of sp³-hybridized carbons (Fsp3) is 0.231. The molecule has 0 saturated heterocycles. The van der Waals surface area contributed by atoms with Crippen molar-refractivity contribution in [1.29, 1.82) is 0 Å². The maximum Gasteiger partial charge on any atom is 0.435 e. The van der Waals surface area contributed by atoms with Crippen LogP contribution in [0.5, 0.6) is 0 Å². The molecule has 1 unspecified atom stereocenters. The second-order valence-electron chi connectivity index (χ2n) is 4.08. The molecule has 100 valence electrons. The summed E-state index contributed by atoms with van der Waals surface area (Å²) in [6, 6.07) is 11.7. The molecule has 0 amide bonds. The summed E-state index contributed by atoms with van der Waals surface area (Å²) in [5.41, 5.74) is 0.0228. The lowest BCUT2D eigenvalue weighted by molar-refractivity contribution is -0.141. The Morgan fingerprint density at radius 2 is 1.68 bits per heavy atom. The molecule has 0 aliphatic heterocycles. The van der Waals surface area contributed by atoms with Crippen LogP contribution in [0, 0.1) is 0 Å². The third-order valence-corrected chi connectivity index (χ3v) is 2.62. The third kappa shape index (κ3) is 3.43. The molecule has 2 rings (SSSR count). The van der Waals surface area contributed by atoms with Gasteiger partial charge in [0.15, 0.2) is 5.69 Å². The lowest BCUT2D eigenvalue weighted by atomic mass is 10.1. The molecule has 0 bridgehead atoms. The van der Waals surface area contributed by atoms with E-state index in [2.05, 4.69) is 15.5 Å². The van der Waals surface area contributed by atoms with Crippen molar-refractivity contribution in [2.75, 3.05) is 5.32 Å². The summed E-state index contributed by atoms with van der Waals surface area (Å²) in [6.45, 7) is 1.90. The van der Waals surface area contributed by atoms with E-state index in [-0.39, 0.29) is 6.04 Å². The molecule has 0 fully saturated rings. The van der Waals surface area contributed by atoms with Gasteiger partial charge in [-0.05, 0) is 24.6 Å². The number of benzene rings is 1. The molecule has 0 aliphatic rings. The van der Waals surface area contributed by atoms with Gasteiger partial charge in [0.1, 0.15) is 5.82 Å². The number of anilines is 1. The standard InChI is InChI=1S/C13H12F3N3/c1-9(10-5-3-2-4-6-10)17-12-8-7-11(18-19-12)13(14,15)16/h2-9H,1H3,(H,17,19). The van der Waals surface area contributed by atoms with Crippen LogP contribution in [0.3, 0.4) is 0 Å². The lowest BCUT2D eigenvalue weighted by Gasteiger charge is -2.14. The third-order valence-electron chi connectivity index (χ3n) is 2.62. The van der Waals surface area contributed by atoms with Gasteiger partial charge in [0, 0.05) is 6.04 Å². The Hall–Kier alpha value is -2.11. The first-order chi connectivity index (χ1) is 8.97. The van der Waals surface area contributed by atoms with Crippen molar-refractivity contribution in [2.45, 2.75) is 19.1 Å². The van der Waals surface area contributed by atoms with E-state index < -0.39 is 11.9 Å². The summed E-state index contributed by atoms with van der Waals surface area (Å²) >= 11 is 0. The Morgan fingerprint density at radius 3 is 2.21 bits per heavy atom. The van der Waals surface area contributed by atoms with Crippen molar-refractivity contribution in [2.24, 2.45) is 0 Å². The maximum atomic E-state index is 12.3. The largest absolute Gasteiger partial charge is 0.435 e. The van der Waals surface area contributed by atoms with Gasteiger partial charge in [-0.15, -0.1) is 10.2 Å². The van der Waals surface area contributed by atoms with E-state index in [1.54, 1.807) is 0 Å². The van der Waals surface area contributed by atoms with Crippen molar-refractivity contribution in [3.63, 3.8) is 0 Å². The highest BCUT2D eigenvalue weighted by Crippen LogP contribution is 2.27. The van der Waals surface area contributed by atoms with E-state index in [1.807, 2.05) is 37.3 Å². The van der Waals surface area contributed by atoms with Crippen molar-refractivity contribution in [3.05, 3.63) is 53.7 Å². The van der Waals surface area contributed by atoms with Crippen LogP contribution in [0.1, 0.15) is 24.2 Å². The molecule has 3 nitrogen and oxygen atoms in total. The van der Waals surface area contributed by atoms with Crippen LogP contribution in [-0.4, -0.2) is 10.2 Å². The Kier molecular flexibility index (Phi) is 3.69. The minimum atomic E-state index is -4.46. The monoisotopic (exact) mass is 267 g/mol. The Bertz CT molecular complexity index is 523. The highest BCUT2D eigenvalue weighted by Gasteiger charge is 2.32. The van der Waals surface area contributed by atoms with Crippen molar-refractivity contribution in [1.82, 2.24) is 10.2 Å². The number of rotatable bonds is 3. The van der Waals surface area contributed by atoms with Crippen molar-refractivity contribution >= 4 is 5.82 Å². The van der Waals surface area contributed by atoms with Crippen LogP contribution in [0.15, 0.2) is 42.5 Å². The predicted molar refractivity (Wildman–Crippen MR) is 65.5 cm³/mol. The van der Waals surface area contributed by atoms with E-state index in [4.69, 9.17) is 0 Å². The van der Waals surface area contributed by atoms with Gasteiger partial charge in [0.05, 0.1) is 0 Å². The molecule has 1 N–H and O–H groups in total. The first-order valence-electron chi connectivity index (χ1n) is 5.69. The first kappa shape index (κ1) is 13.3. The molecule has 2 aromatic rings. The number of aromatic nitrogens is 2. The molecular weight excluding hydrogens is 255 g/mol. The maximum absolute atomic E-state index is 12.3. The Labute approximate surface area is 108 Å². The van der Waals surface area contributed by atoms with E-state index in [0.29, 0.717) is 5.82 Å². The Morgan fingerprint density at radius 1 is 1.00 bits per heavy atom. The van der Waals surface area contributed by atoms with Gasteiger partial charge in [-0.1, -0.05) is 30.3 Å². The second-order valence-corrected chi connectivity index (χ2v) is 4.08. The topological polar surface area (TPSA) is 37.8 Å². The minimum Gasteiger partial charge on any atom is -0.362 e.